The van der Waals surface area contributed by atoms with E-state index in [0.717, 1.165) is 11.4 Å². The highest BCUT2D eigenvalue weighted by Crippen LogP contribution is 2.21. The first-order valence-corrected chi connectivity index (χ1v) is 7.54. The lowest BCUT2D eigenvalue weighted by atomic mass is 10.2. The Morgan fingerprint density at radius 3 is 2.95 bits per heavy atom. The van der Waals surface area contributed by atoms with Crippen molar-refractivity contribution in [3.8, 4) is 0 Å². The Morgan fingerprint density at radius 1 is 1.55 bits per heavy atom. The highest BCUT2D eigenvalue weighted by Gasteiger charge is 2.14. The summed E-state index contributed by atoms with van der Waals surface area (Å²) >= 11 is 7.74. The molecule has 0 aromatic carbocycles. The van der Waals surface area contributed by atoms with Gasteiger partial charge in [-0.3, -0.25) is 4.79 Å². The van der Waals surface area contributed by atoms with E-state index in [1.807, 2.05) is 24.4 Å². The molecule has 1 amide bonds. The molecule has 6 heteroatoms. The minimum atomic E-state index is -0.0872. The molecule has 0 unspecified atom stereocenters. The second-order valence-electron chi connectivity index (χ2n) is 4.33. The number of anilines is 1. The smallest absolute Gasteiger partial charge is 0.255 e. The maximum Gasteiger partial charge on any atom is 0.255 e. The van der Waals surface area contributed by atoms with Gasteiger partial charge in [-0.1, -0.05) is 17.7 Å². The van der Waals surface area contributed by atoms with Crippen LogP contribution in [0.4, 0.5) is 5.82 Å². The Hall–Kier alpha value is -1.59. The van der Waals surface area contributed by atoms with Gasteiger partial charge in [-0.2, -0.15) is 0 Å². The van der Waals surface area contributed by atoms with Gasteiger partial charge in [0.15, 0.2) is 0 Å². The summed E-state index contributed by atoms with van der Waals surface area (Å²) in [6.07, 6.45) is 1.55. The van der Waals surface area contributed by atoms with Gasteiger partial charge in [0.25, 0.3) is 5.91 Å². The van der Waals surface area contributed by atoms with E-state index in [0.29, 0.717) is 22.9 Å². The average molecular weight is 310 g/mol. The van der Waals surface area contributed by atoms with Crippen molar-refractivity contribution in [2.75, 3.05) is 18.9 Å². The molecule has 106 valence electrons. The molecule has 0 bridgehead atoms. The molecule has 0 aliphatic carbocycles. The Labute approximate surface area is 127 Å². The van der Waals surface area contributed by atoms with Crippen LogP contribution in [0.2, 0.25) is 5.02 Å². The monoisotopic (exact) mass is 309 g/mol. The maximum absolute atomic E-state index is 12.3. The molecule has 20 heavy (non-hydrogen) atoms. The van der Waals surface area contributed by atoms with Crippen LogP contribution in [0.25, 0.3) is 0 Å². The fourth-order valence-corrected chi connectivity index (χ4v) is 2.77. The quantitative estimate of drug-likeness (QED) is 0.919. The predicted octanol–water partition coefficient (Wildman–Crippen LogP) is 3.50. The zero-order valence-corrected chi connectivity index (χ0v) is 13.0. The number of rotatable bonds is 5. The van der Waals surface area contributed by atoms with E-state index in [1.165, 1.54) is 0 Å². The molecule has 0 fully saturated rings. The number of halogens is 1. The zero-order valence-electron chi connectivity index (χ0n) is 11.4. The third-order valence-corrected chi connectivity index (χ3v) is 3.90. The fraction of sp³-hybridized carbons (Fsp3) is 0.286. The van der Waals surface area contributed by atoms with Crippen molar-refractivity contribution >= 4 is 34.7 Å². The number of aromatic nitrogens is 1. The lowest BCUT2D eigenvalue weighted by molar-refractivity contribution is 0.0786. The normalized spacial score (nSPS) is 10.3. The Balaban J connectivity index is 2.10. The zero-order chi connectivity index (χ0) is 14.5. The number of amides is 1. The highest BCUT2D eigenvalue weighted by atomic mass is 35.5. The number of thiophene rings is 1. The van der Waals surface area contributed by atoms with E-state index in [4.69, 9.17) is 11.6 Å². The molecule has 1 N–H and O–H groups in total. The van der Waals surface area contributed by atoms with Crippen LogP contribution in [0.1, 0.15) is 22.2 Å². The van der Waals surface area contributed by atoms with E-state index in [2.05, 4.69) is 10.3 Å². The third kappa shape index (κ3) is 3.49. The van der Waals surface area contributed by atoms with Crippen LogP contribution in [0.15, 0.2) is 29.8 Å². The Morgan fingerprint density at radius 2 is 2.35 bits per heavy atom. The Bertz CT molecular complexity index is 586. The first-order valence-electron chi connectivity index (χ1n) is 6.29. The van der Waals surface area contributed by atoms with Gasteiger partial charge in [-0.25, -0.2) is 4.98 Å². The van der Waals surface area contributed by atoms with Crippen molar-refractivity contribution in [1.82, 2.24) is 9.88 Å². The van der Waals surface area contributed by atoms with Crippen molar-refractivity contribution in [1.29, 1.82) is 0 Å². The molecular formula is C14H16ClN3OS. The second kappa shape index (κ2) is 6.72. The molecule has 0 saturated carbocycles. The number of carbonyl (C=O) groups excluding carboxylic acids is 1. The SMILES string of the molecule is CCNc1ncc(C(=O)N(C)Cc2cccs2)cc1Cl. The second-order valence-corrected chi connectivity index (χ2v) is 5.76. The molecule has 2 rings (SSSR count). The van der Waals surface area contributed by atoms with Crippen LogP contribution >= 0.6 is 22.9 Å². The van der Waals surface area contributed by atoms with Gasteiger partial charge in [0.05, 0.1) is 17.1 Å². The molecule has 0 aliphatic rings. The van der Waals surface area contributed by atoms with Crippen LogP contribution in [-0.2, 0) is 6.54 Å². The molecule has 0 aliphatic heterocycles. The standard InChI is InChI=1S/C14H16ClN3OS/c1-3-16-13-12(15)7-10(8-17-13)14(19)18(2)9-11-5-4-6-20-11/h4-8H,3,9H2,1-2H3,(H,16,17). The van der Waals surface area contributed by atoms with E-state index < -0.39 is 0 Å². The Kier molecular flexibility index (Phi) is 4.98. The van der Waals surface area contributed by atoms with Crippen LogP contribution in [0.5, 0.6) is 0 Å². The van der Waals surface area contributed by atoms with Crippen molar-refractivity contribution in [3.63, 3.8) is 0 Å². The average Bonchev–Trinajstić information content (AvgIpc) is 2.93. The van der Waals surface area contributed by atoms with Crippen molar-refractivity contribution in [3.05, 3.63) is 45.2 Å². The maximum atomic E-state index is 12.3. The van der Waals surface area contributed by atoms with Gasteiger partial charge in [0.2, 0.25) is 0 Å². The summed E-state index contributed by atoms with van der Waals surface area (Å²) in [6, 6.07) is 5.63. The van der Waals surface area contributed by atoms with Gasteiger partial charge in [-0.15, -0.1) is 11.3 Å². The summed E-state index contributed by atoms with van der Waals surface area (Å²) in [4.78, 5) is 19.3. The van der Waals surface area contributed by atoms with Crippen molar-refractivity contribution in [2.45, 2.75) is 13.5 Å². The van der Waals surface area contributed by atoms with Crippen LogP contribution in [-0.4, -0.2) is 29.4 Å². The molecule has 0 saturated heterocycles. The summed E-state index contributed by atoms with van der Waals surface area (Å²) < 4.78 is 0. The third-order valence-electron chi connectivity index (χ3n) is 2.75. The first kappa shape index (κ1) is 14.8. The number of pyridine rings is 1. The van der Waals surface area contributed by atoms with E-state index in [9.17, 15) is 4.79 Å². The van der Waals surface area contributed by atoms with Gasteiger partial charge >= 0.3 is 0 Å². The largest absolute Gasteiger partial charge is 0.369 e. The number of nitrogens with zero attached hydrogens (tertiary/aromatic N) is 2. The molecule has 2 aromatic rings. The first-order chi connectivity index (χ1) is 9.61. The molecular weight excluding hydrogens is 294 g/mol. The predicted molar refractivity (Wildman–Crippen MR) is 83.5 cm³/mol. The number of carbonyl (C=O) groups is 1. The molecule has 0 radical (unpaired) electrons. The molecule has 2 heterocycles. The topological polar surface area (TPSA) is 45.2 Å². The van der Waals surface area contributed by atoms with Gasteiger partial charge in [0, 0.05) is 24.7 Å². The van der Waals surface area contributed by atoms with E-state index >= 15 is 0 Å². The van der Waals surface area contributed by atoms with Gasteiger partial charge < -0.3 is 10.2 Å². The fourth-order valence-electron chi connectivity index (χ4n) is 1.78. The number of nitrogens with one attached hydrogen (secondary N) is 1. The molecule has 4 nitrogen and oxygen atoms in total. The highest BCUT2D eigenvalue weighted by molar-refractivity contribution is 7.09. The van der Waals surface area contributed by atoms with Crippen LogP contribution in [0, 0.1) is 0 Å². The van der Waals surface area contributed by atoms with Gasteiger partial charge in [-0.05, 0) is 24.4 Å². The summed E-state index contributed by atoms with van der Waals surface area (Å²) in [5, 5.41) is 5.50. The lowest BCUT2D eigenvalue weighted by Crippen LogP contribution is -2.26. The van der Waals surface area contributed by atoms with Gasteiger partial charge in [0.1, 0.15) is 5.82 Å². The molecule has 0 spiro atoms. The van der Waals surface area contributed by atoms with Crippen molar-refractivity contribution < 1.29 is 4.79 Å². The van der Waals surface area contributed by atoms with E-state index in [1.54, 1.807) is 35.5 Å². The van der Waals surface area contributed by atoms with Crippen molar-refractivity contribution in [2.24, 2.45) is 0 Å². The van der Waals surface area contributed by atoms with Crippen LogP contribution in [0.3, 0.4) is 0 Å². The molecule has 2 aromatic heterocycles. The summed E-state index contributed by atoms with van der Waals surface area (Å²) in [6.45, 7) is 3.28. The minimum Gasteiger partial charge on any atom is -0.369 e. The summed E-state index contributed by atoms with van der Waals surface area (Å²) in [5.41, 5.74) is 0.496. The minimum absolute atomic E-state index is 0.0872. The molecule has 0 atom stereocenters. The summed E-state index contributed by atoms with van der Waals surface area (Å²) in [5.74, 6) is 0.516. The van der Waals surface area contributed by atoms with E-state index in [-0.39, 0.29) is 5.91 Å². The lowest BCUT2D eigenvalue weighted by Gasteiger charge is -2.16. The number of hydrogen-bond acceptors (Lipinski definition) is 4. The summed E-state index contributed by atoms with van der Waals surface area (Å²) in [7, 11) is 1.77. The number of hydrogen-bond donors (Lipinski definition) is 1. The van der Waals surface area contributed by atoms with Crippen LogP contribution < -0.4 is 5.32 Å².